The Morgan fingerprint density at radius 2 is 1.63 bits per heavy atom. The lowest BCUT2D eigenvalue weighted by molar-refractivity contribution is 0.0300. The molecule has 168 valence electrons. The molecular formula is C22H36N4O4. The molecule has 5 atom stereocenters. The number of aliphatic hydroxyl groups excluding tert-OH is 1. The highest BCUT2D eigenvalue weighted by atomic mass is 16.5. The molecule has 0 fully saturated rings. The molecule has 2 heterocycles. The van der Waals surface area contributed by atoms with Crippen molar-refractivity contribution in [3.63, 3.8) is 0 Å². The SMILES string of the molecule is COC1=N[C@]2(CC=CC[C@]3(CN[C@H](C(C)C)C(OC)=N3)C2O)C(OC)=N[C@@H]1C(C)C. The van der Waals surface area contributed by atoms with Crippen LogP contribution in [0.2, 0.25) is 0 Å². The van der Waals surface area contributed by atoms with E-state index in [2.05, 4.69) is 39.1 Å². The molecule has 8 heteroatoms. The summed E-state index contributed by atoms with van der Waals surface area (Å²) in [5.74, 6) is 2.02. The number of ether oxygens (including phenoxy) is 3. The zero-order valence-electron chi connectivity index (χ0n) is 19.2. The van der Waals surface area contributed by atoms with Gasteiger partial charge in [-0.2, -0.15) is 0 Å². The van der Waals surface area contributed by atoms with Crippen LogP contribution in [-0.2, 0) is 14.2 Å². The lowest BCUT2D eigenvalue weighted by Crippen LogP contribution is -2.66. The van der Waals surface area contributed by atoms with E-state index in [9.17, 15) is 5.11 Å². The fraction of sp³-hybridized carbons (Fsp3) is 0.773. The number of aliphatic imine (C=N–C) groups is 3. The quantitative estimate of drug-likeness (QED) is 0.666. The summed E-state index contributed by atoms with van der Waals surface area (Å²) in [5.41, 5.74) is -1.96. The molecule has 2 N–H and O–H groups in total. The van der Waals surface area contributed by atoms with Gasteiger partial charge in [0, 0.05) is 13.0 Å². The maximum Gasteiger partial charge on any atom is 0.215 e. The first-order chi connectivity index (χ1) is 14.2. The number of methoxy groups -OCH3 is 3. The molecule has 0 aromatic carbocycles. The van der Waals surface area contributed by atoms with Crippen molar-refractivity contribution in [1.29, 1.82) is 0 Å². The third-order valence-corrected chi connectivity index (χ3v) is 6.35. The van der Waals surface area contributed by atoms with Crippen molar-refractivity contribution in [1.82, 2.24) is 5.32 Å². The van der Waals surface area contributed by atoms with E-state index in [4.69, 9.17) is 29.2 Å². The monoisotopic (exact) mass is 420 g/mol. The van der Waals surface area contributed by atoms with Crippen LogP contribution in [0.25, 0.3) is 0 Å². The maximum absolute atomic E-state index is 11.9. The van der Waals surface area contributed by atoms with E-state index in [-0.39, 0.29) is 18.0 Å². The summed E-state index contributed by atoms with van der Waals surface area (Å²) in [7, 11) is 4.80. The Labute approximate surface area is 179 Å². The first kappa shape index (κ1) is 22.7. The summed E-state index contributed by atoms with van der Waals surface area (Å²) in [5, 5.41) is 15.4. The van der Waals surface area contributed by atoms with Gasteiger partial charge in [0.1, 0.15) is 17.7 Å². The number of rotatable bonds is 2. The fourth-order valence-corrected chi connectivity index (χ4v) is 4.63. The minimum Gasteiger partial charge on any atom is -0.483 e. The Kier molecular flexibility index (Phi) is 6.57. The van der Waals surface area contributed by atoms with Gasteiger partial charge in [0.2, 0.25) is 17.7 Å². The highest BCUT2D eigenvalue weighted by Crippen LogP contribution is 2.41. The van der Waals surface area contributed by atoms with Gasteiger partial charge in [-0.15, -0.1) is 0 Å². The van der Waals surface area contributed by atoms with Gasteiger partial charge in [0.05, 0.1) is 27.4 Å². The van der Waals surface area contributed by atoms with Crippen LogP contribution < -0.4 is 5.32 Å². The molecule has 3 rings (SSSR count). The van der Waals surface area contributed by atoms with Gasteiger partial charge in [-0.25, -0.2) is 15.0 Å². The molecule has 0 radical (unpaired) electrons. The zero-order valence-corrected chi connectivity index (χ0v) is 19.2. The number of nitrogens with zero attached hydrogens (tertiary/aromatic N) is 3. The third-order valence-electron chi connectivity index (χ3n) is 6.35. The van der Waals surface area contributed by atoms with Crippen LogP contribution in [-0.4, -0.2) is 79.9 Å². The molecule has 2 aliphatic heterocycles. The van der Waals surface area contributed by atoms with Crippen molar-refractivity contribution in [2.45, 2.75) is 69.8 Å². The minimum absolute atomic E-state index is 0.00119. The van der Waals surface area contributed by atoms with Crippen LogP contribution >= 0.6 is 0 Å². The van der Waals surface area contributed by atoms with Gasteiger partial charge in [-0.3, -0.25) is 0 Å². The minimum atomic E-state index is -1.10. The Morgan fingerprint density at radius 3 is 2.20 bits per heavy atom. The first-order valence-corrected chi connectivity index (χ1v) is 10.7. The Balaban J connectivity index is 2.13. The Hall–Kier alpha value is -1.93. The van der Waals surface area contributed by atoms with Crippen molar-refractivity contribution in [3.05, 3.63) is 12.2 Å². The number of hydrogen-bond donors (Lipinski definition) is 2. The van der Waals surface area contributed by atoms with Gasteiger partial charge >= 0.3 is 0 Å². The molecule has 30 heavy (non-hydrogen) atoms. The second-order valence-electron chi connectivity index (χ2n) is 9.05. The number of aliphatic hydroxyl groups is 1. The largest absolute Gasteiger partial charge is 0.483 e. The Morgan fingerprint density at radius 1 is 0.967 bits per heavy atom. The molecule has 8 nitrogen and oxygen atoms in total. The van der Waals surface area contributed by atoms with Crippen LogP contribution in [0.15, 0.2) is 27.1 Å². The second kappa shape index (κ2) is 8.67. The summed E-state index contributed by atoms with van der Waals surface area (Å²) in [4.78, 5) is 14.7. The number of hydrogen-bond acceptors (Lipinski definition) is 8. The molecule has 1 unspecified atom stereocenters. The molecule has 1 aliphatic carbocycles. The van der Waals surface area contributed by atoms with E-state index >= 15 is 0 Å². The van der Waals surface area contributed by atoms with Gasteiger partial charge in [-0.1, -0.05) is 39.8 Å². The second-order valence-corrected chi connectivity index (χ2v) is 9.05. The lowest BCUT2D eigenvalue weighted by Gasteiger charge is -2.47. The van der Waals surface area contributed by atoms with Crippen molar-refractivity contribution in [2.75, 3.05) is 27.9 Å². The molecule has 0 aromatic rings. The van der Waals surface area contributed by atoms with E-state index in [1.807, 2.05) is 6.08 Å². The molecule has 0 saturated carbocycles. The fourth-order valence-electron chi connectivity index (χ4n) is 4.63. The number of nitrogens with one attached hydrogen (secondary N) is 1. The smallest absolute Gasteiger partial charge is 0.215 e. The van der Waals surface area contributed by atoms with E-state index in [0.29, 0.717) is 43.0 Å². The highest BCUT2D eigenvalue weighted by molar-refractivity contribution is 5.98. The molecule has 0 saturated heterocycles. The van der Waals surface area contributed by atoms with Crippen molar-refractivity contribution in [2.24, 2.45) is 26.8 Å². The molecule has 0 amide bonds. The van der Waals surface area contributed by atoms with E-state index in [0.717, 1.165) is 0 Å². The lowest BCUT2D eigenvalue weighted by atomic mass is 9.75. The summed E-state index contributed by atoms with van der Waals surface area (Å²) in [6.45, 7) is 8.86. The maximum atomic E-state index is 11.9. The molecule has 0 aromatic heterocycles. The van der Waals surface area contributed by atoms with Crippen molar-refractivity contribution < 1.29 is 19.3 Å². The van der Waals surface area contributed by atoms with Gasteiger partial charge < -0.3 is 24.6 Å². The van der Waals surface area contributed by atoms with E-state index < -0.39 is 17.2 Å². The molecule has 3 aliphatic rings. The summed E-state index contributed by atoms with van der Waals surface area (Å²) >= 11 is 0. The van der Waals surface area contributed by atoms with Crippen LogP contribution in [0, 0.1) is 11.8 Å². The topological polar surface area (TPSA) is 97.0 Å². The average Bonchev–Trinajstić information content (AvgIpc) is 2.86. The van der Waals surface area contributed by atoms with Crippen LogP contribution in [0.5, 0.6) is 0 Å². The highest BCUT2D eigenvalue weighted by Gasteiger charge is 2.58. The van der Waals surface area contributed by atoms with Gasteiger partial charge in [-0.05, 0) is 18.3 Å². The normalized spacial score (nSPS) is 36.5. The summed E-state index contributed by atoms with van der Waals surface area (Å²) in [6, 6.07) is -0.250. The molecular weight excluding hydrogens is 384 g/mol. The van der Waals surface area contributed by atoms with Crippen LogP contribution in [0.3, 0.4) is 0 Å². The van der Waals surface area contributed by atoms with Gasteiger partial charge in [0.15, 0.2) is 5.54 Å². The standard InChI is InChI=1S/C22H36N4O4/c1-13(2)15-17(28-5)25-21(12-23-15)10-8-9-11-22(19(21)27)20(30-7)24-16(14(3)4)18(26-22)29-6/h8-9,13-16,19,23,27H,10-12H2,1-7H3/t15-,16-,19?,21+,22+/m1/s1. The first-order valence-electron chi connectivity index (χ1n) is 10.7. The van der Waals surface area contributed by atoms with Crippen LogP contribution in [0.4, 0.5) is 0 Å². The predicted molar refractivity (Wildman–Crippen MR) is 118 cm³/mol. The summed E-state index contributed by atoms with van der Waals surface area (Å²) in [6.07, 6.45) is 4.10. The van der Waals surface area contributed by atoms with E-state index in [1.54, 1.807) is 21.3 Å². The Bertz CT molecular complexity index is 760. The zero-order chi connectivity index (χ0) is 22.1. The van der Waals surface area contributed by atoms with Gasteiger partial charge in [0.25, 0.3) is 0 Å². The third kappa shape index (κ3) is 3.64. The summed E-state index contributed by atoms with van der Waals surface area (Å²) < 4.78 is 17.0. The van der Waals surface area contributed by atoms with Crippen molar-refractivity contribution in [3.8, 4) is 0 Å². The molecule has 2 spiro atoms. The van der Waals surface area contributed by atoms with Crippen LogP contribution in [0.1, 0.15) is 40.5 Å². The van der Waals surface area contributed by atoms with E-state index in [1.165, 1.54) is 0 Å². The predicted octanol–water partition coefficient (Wildman–Crippen LogP) is 1.98. The van der Waals surface area contributed by atoms with Crippen molar-refractivity contribution >= 4 is 17.7 Å². The molecule has 0 bridgehead atoms. The average molecular weight is 421 g/mol.